The van der Waals surface area contributed by atoms with Crippen LogP contribution in [0.5, 0.6) is 0 Å². The number of thioether (sulfide) groups is 2. The van der Waals surface area contributed by atoms with Gasteiger partial charge in [-0.05, 0) is 48.9 Å². The topological polar surface area (TPSA) is 39.2 Å². The third-order valence-corrected chi connectivity index (χ3v) is 5.43. The fourth-order valence-corrected chi connectivity index (χ4v) is 3.53. The predicted molar refractivity (Wildman–Crippen MR) is 110 cm³/mol. The van der Waals surface area contributed by atoms with Gasteiger partial charge in [0, 0.05) is 21.2 Å². The van der Waals surface area contributed by atoms with Crippen molar-refractivity contribution in [2.24, 2.45) is 0 Å². The van der Waals surface area contributed by atoms with Gasteiger partial charge in [0.25, 0.3) is 11.2 Å². The number of benzene rings is 2. The molecule has 3 rings (SSSR count). The molecule has 0 spiro atoms. The molecule has 130 valence electrons. The maximum absolute atomic E-state index is 13.0. The van der Waals surface area contributed by atoms with Crippen LogP contribution in [-0.4, -0.2) is 22.1 Å². The quantitative estimate of drug-likeness (QED) is 0.327. The van der Waals surface area contributed by atoms with E-state index in [1.165, 1.54) is 16.3 Å². The number of hydrogen-bond donors (Lipinski definition) is 0. The first-order valence-corrected chi connectivity index (χ1v) is 10.4. The Balaban J connectivity index is 2.33. The molecule has 0 amide bonds. The summed E-state index contributed by atoms with van der Waals surface area (Å²) in [4.78, 5) is 22.2. The van der Waals surface area contributed by atoms with E-state index in [0.717, 1.165) is 10.5 Å². The maximum Gasteiger partial charge on any atom is 0.282 e. The first-order valence-electron chi connectivity index (χ1n) is 7.58. The molecule has 0 fully saturated rings. The second-order valence-corrected chi connectivity index (χ2v) is 7.36. The first-order chi connectivity index (χ1) is 12.6. The van der Waals surface area contributed by atoms with E-state index < -0.39 is 0 Å². The molecule has 7 heteroatoms. The summed E-state index contributed by atoms with van der Waals surface area (Å²) in [6, 6.07) is 14.8. The van der Waals surface area contributed by atoms with Crippen LogP contribution in [0, 0.1) is 6.57 Å². The predicted octanol–water partition coefficient (Wildman–Crippen LogP) is 5.55. The van der Waals surface area contributed by atoms with E-state index in [1.54, 1.807) is 36.0 Å². The second-order valence-electron chi connectivity index (χ2n) is 5.25. The highest BCUT2D eigenvalue weighted by Gasteiger charge is 2.19. The van der Waals surface area contributed by atoms with E-state index in [9.17, 15) is 4.79 Å². The molecule has 0 bridgehead atoms. The zero-order valence-corrected chi connectivity index (χ0v) is 16.5. The van der Waals surface area contributed by atoms with Crippen molar-refractivity contribution in [3.8, 4) is 17.1 Å². The van der Waals surface area contributed by atoms with Gasteiger partial charge >= 0.3 is 0 Å². The van der Waals surface area contributed by atoms with Crippen molar-refractivity contribution in [2.45, 2.75) is 9.92 Å². The summed E-state index contributed by atoms with van der Waals surface area (Å²) in [5.74, 6) is 0.502. The van der Waals surface area contributed by atoms with Crippen LogP contribution in [0.1, 0.15) is 0 Å². The molecule has 0 N–H and O–H groups in total. The Bertz CT molecular complexity index is 1040. The molecule has 2 aromatic carbocycles. The minimum atomic E-state index is -0.384. The van der Waals surface area contributed by atoms with Crippen LogP contribution < -0.4 is 5.56 Å². The summed E-state index contributed by atoms with van der Waals surface area (Å²) in [7, 11) is 0. The lowest BCUT2D eigenvalue weighted by molar-refractivity contribution is 0.916. The van der Waals surface area contributed by atoms with Gasteiger partial charge in [-0.2, -0.15) is 0 Å². The van der Waals surface area contributed by atoms with Crippen LogP contribution in [0.2, 0.25) is 5.02 Å². The summed E-state index contributed by atoms with van der Waals surface area (Å²) in [6.45, 7) is 7.38. The highest BCUT2D eigenvalue weighted by Crippen LogP contribution is 2.29. The van der Waals surface area contributed by atoms with Gasteiger partial charge in [0.15, 0.2) is 0 Å². The van der Waals surface area contributed by atoms with E-state index in [0.29, 0.717) is 21.6 Å². The van der Waals surface area contributed by atoms with Crippen molar-refractivity contribution in [2.75, 3.05) is 12.5 Å². The molecule has 26 heavy (non-hydrogen) atoms. The van der Waals surface area contributed by atoms with Gasteiger partial charge in [0.05, 0.1) is 6.57 Å². The molecule has 1 aromatic heterocycles. The van der Waals surface area contributed by atoms with Crippen molar-refractivity contribution in [3.63, 3.8) is 0 Å². The Hall–Kier alpha value is -2.20. The van der Waals surface area contributed by atoms with Crippen molar-refractivity contribution >= 4 is 40.8 Å². The smallest absolute Gasteiger partial charge is 0.282 e. The number of hydrogen-bond acceptors (Lipinski definition) is 4. The summed E-state index contributed by atoms with van der Waals surface area (Å²) < 4.78 is 1.47. The molecule has 3 aromatic rings. The van der Waals surface area contributed by atoms with Gasteiger partial charge < -0.3 is 0 Å². The highest BCUT2D eigenvalue weighted by molar-refractivity contribution is 7.98. The fraction of sp³-hybridized carbons (Fsp3) is 0.105. The lowest BCUT2D eigenvalue weighted by atomic mass is 10.2. The Kier molecular flexibility index (Phi) is 5.72. The second kappa shape index (κ2) is 8.00. The minimum Gasteiger partial charge on any atom is -0.282 e. The maximum atomic E-state index is 13.0. The molecule has 1 heterocycles. The standard InChI is InChI=1S/C19H14ClN3OS2/c1-21-16-18(26-3)22-17(12-4-10-15(25-2)11-5-12)23(19(16)24)14-8-6-13(20)7-9-14/h4-11H,2-3H3. The third-order valence-electron chi connectivity index (χ3n) is 3.77. The largest absolute Gasteiger partial charge is 0.282 e. The Morgan fingerprint density at radius 2 is 1.69 bits per heavy atom. The molecule has 0 aliphatic carbocycles. The van der Waals surface area contributed by atoms with Gasteiger partial charge in [0.2, 0.25) is 0 Å². The zero-order chi connectivity index (χ0) is 18.7. The Morgan fingerprint density at radius 1 is 1.04 bits per heavy atom. The molecular formula is C19H14ClN3OS2. The molecule has 0 saturated heterocycles. The van der Waals surface area contributed by atoms with Crippen molar-refractivity contribution in [1.29, 1.82) is 0 Å². The summed E-state index contributed by atoms with van der Waals surface area (Å²) in [5, 5.41) is 1.01. The number of halogens is 1. The van der Waals surface area contributed by atoms with Crippen LogP contribution in [0.3, 0.4) is 0 Å². The van der Waals surface area contributed by atoms with Crippen LogP contribution >= 0.6 is 35.1 Å². The molecule has 0 saturated carbocycles. The summed E-state index contributed by atoms with van der Waals surface area (Å²) in [6.07, 6.45) is 3.82. The fourth-order valence-electron chi connectivity index (χ4n) is 2.49. The Morgan fingerprint density at radius 3 is 2.23 bits per heavy atom. The van der Waals surface area contributed by atoms with E-state index in [-0.39, 0.29) is 11.2 Å². The number of rotatable bonds is 4. The Labute approximate surface area is 165 Å². The average Bonchev–Trinajstić information content (AvgIpc) is 2.68. The average molecular weight is 400 g/mol. The zero-order valence-electron chi connectivity index (χ0n) is 14.1. The SMILES string of the molecule is [C-]#[N+]c1c(SC)nc(-c2ccc(SC)cc2)n(-c2ccc(Cl)cc2)c1=O. The van der Waals surface area contributed by atoms with E-state index >= 15 is 0 Å². The summed E-state index contributed by atoms with van der Waals surface area (Å²) >= 11 is 8.92. The molecule has 0 radical (unpaired) electrons. The first kappa shape index (κ1) is 18.6. The molecule has 4 nitrogen and oxygen atoms in total. The third kappa shape index (κ3) is 3.51. The highest BCUT2D eigenvalue weighted by atomic mass is 35.5. The normalized spacial score (nSPS) is 10.5. The van der Waals surface area contributed by atoms with E-state index in [1.807, 2.05) is 36.8 Å². The van der Waals surface area contributed by atoms with Crippen molar-refractivity contribution < 1.29 is 0 Å². The van der Waals surface area contributed by atoms with Gasteiger partial charge in [0.1, 0.15) is 10.9 Å². The van der Waals surface area contributed by atoms with Crippen LogP contribution in [-0.2, 0) is 0 Å². The van der Waals surface area contributed by atoms with Gasteiger partial charge in [-0.1, -0.05) is 23.7 Å². The lowest BCUT2D eigenvalue weighted by Gasteiger charge is -2.15. The van der Waals surface area contributed by atoms with Crippen molar-refractivity contribution in [1.82, 2.24) is 9.55 Å². The van der Waals surface area contributed by atoms with Gasteiger partial charge in [-0.25, -0.2) is 9.83 Å². The lowest BCUT2D eigenvalue weighted by Crippen LogP contribution is -2.22. The van der Waals surface area contributed by atoms with Crippen LogP contribution in [0.4, 0.5) is 5.69 Å². The molecular weight excluding hydrogens is 386 g/mol. The van der Waals surface area contributed by atoms with E-state index in [4.69, 9.17) is 18.2 Å². The molecule has 0 aliphatic rings. The number of nitrogens with zero attached hydrogens (tertiary/aromatic N) is 3. The van der Waals surface area contributed by atoms with Crippen LogP contribution in [0.15, 0.2) is 63.2 Å². The van der Waals surface area contributed by atoms with E-state index in [2.05, 4.69) is 9.83 Å². The molecule has 0 unspecified atom stereocenters. The molecule has 0 atom stereocenters. The van der Waals surface area contributed by atoms with Crippen molar-refractivity contribution in [3.05, 3.63) is 75.3 Å². The molecule has 0 aliphatic heterocycles. The summed E-state index contributed by atoms with van der Waals surface area (Å²) in [5.41, 5.74) is 1.07. The minimum absolute atomic E-state index is 0.0249. The van der Waals surface area contributed by atoms with Gasteiger partial charge in [-0.3, -0.25) is 9.36 Å². The van der Waals surface area contributed by atoms with Gasteiger partial charge in [-0.15, -0.1) is 23.5 Å². The van der Waals surface area contributed by atoms with Crippen LogP contribution in [0.25, 0.3) is 21.9 Å². The monoisotopic (exact) mass is 399 g/mol. The number of aromatic nitrogens is 2.